The minimum atomic E-state index is -0.238. The van der Waals surface area contributed by atoms with Gasteiger partial charge < -0.3 is 9.80 Å². The molecule has 1 amide bonds. The fourth-order valence-corrected chi connectivity index (χ4v) is 5.06. The lowest BCUT2D eigenvalue weighted by molar-refractivity contribution is 0.0767. The van der Waals surface area contributed by atoms with Gasteiger partial charge in [0.1, 0.15) is 17.5 Å². The smallest absolute Gasteiger partial charge is 0.253 e. The Morgan fingerprint density at radius 2 is 1.75 bits per heavy atom. The van der Waals surface area contributed by atoms with Crippen molar-refractivity contribution in [2.45, 2.75) is 33.1 Å². The zero-order valence-corrected chi connectivity index (χ0v) is 20.9. The molecule has 0 aliphatic carbocycles. The number of amides is 1. The number of benzene rings is 3. The largest absolute Gasteiger partial charge is 0.354 e. The van der Waals surface area contributed by atoms with Gasteiger partial charge in [0.05, 0.1) is 0 Å². The Labute approximate surface area is 211 Å². The lowest BCUT2D eigenvalue weighted by Gasteiger charge is -2.26. The van der Waals surface area contributed by atoms with E-state index in [1.807, 2.05) is 54.3 Å². The molecule has 0 radical (unpaired) electrons. The number of fused-ring (bicyclic) bond motifs is 1. The van der Waals surface area contributed by atoms with Crippen LogP contribution in [0.1, 0.15) is 46.3 Å². The van der Waals surface area contributed by atoms with Crippen molar-refractivity contribution in [2.75, 3.05) is 31.1 Å². The summed E-state index contributed by atoms with van der Waals surface area (Å²) >= 11 is 0. The van der Waals surface area contributed by atoms with Crippen LogP contribution in [-0.4, -0.2) is 47.0 Å². The molecule has 5 rings (SSSR count). The maximum atomic E-state index is 13.9. The molecule has 0 N–H and O–H groups in total. The number of anilines is 1. The Kier molecular flexibility index (Phi) is 6.94. The molecule has 0 saturated carbocycles. The molecular formula is C30H31FN4O. The average Bonchev–Trinajstić information content (AvgIpc) is 3.15. The van der Waals surface area contributed by atoms with Gasteiger partial charge in [0.15, 0.2) is 0 Å². The van der Waals surface area contributed by atoms with Gasteiger partial charge in [-0.2, -0.15) is 0 Å². The molecule has 0 atom stereocenters. The molecule has 4 aromatic rings. The summed E-state index contributed by atoms with van der Waals surface area (Å²) in [6.45, 7) is 6.82. The lowest BCUT2D eigenvalue weighted by atomic mass is 10.0. The molecule has 1 fully saturated rings. The first-order valence-corrected chi connectivity index (χ1v) is 12.7. The van der Waals surface area contributed by atoms with Crippen LogP contribution >= 0.6 is 0 Å². The van der Waals surface area contributed by atoms with Crippen LogP contribution in [0, 0.1) is 12.7 Å². The molecule has 1 aliphatic rings. The number of halogens is 1. The first-order chi connectivity index (χ1) is 17.5. The van der Waals surface area contributed by atoms with Gasteiger partial charge in [0.2, 0.25) is 0 Å². The standard InChI is InChI=1S/C30H31FN4O/c1-3-28-27(19-22-8-6-11-26(31)18-22)29(33-21(2)32-28)34-14-7-15-35(17-16-34)30(36)25-13-12-23-9-4-5-10-24(23)20-25/h4-6,8-13,18,20H,3,7,14-17,19H2,1-2H3. The lowest BCUT2D eigenvalue weighted by Crippen LogP contribution is -2.35. The first kappa shape index (κ1) is 23.9. The monoisotopic (exact) mass is 482 g/mol. The topological polar surface area (TPSA) is 49.3 Å². The second-order valence-corrected chi connectivity index (χ2v) is 9.37. The number of aromatic nitrogens is 2. The van der Waals surface area contributed by atoms with E-state index >= 15 is 0 Å². The molecule has 3 aromatic carbocycles. The van der Waals surface area contributed by atoms with E-state index < -0.39 is 0 Å². The van der Waals surface area contributed by atoms with Crippen molar-refractivity contribution in [3.8, 4) is 0 Å². The third-order valence-electron chi connectivity index (χ3n) is 6.87. The number of nitrogens with zero attached hydrogens (tertiary/aromatic N) is 4. The van der Waals surface area contributed by atoms with Crippen LogP contribution in [-0.2, 0) is 12.8 Å². The highest BCUT2D eigenvalue weighted by Gasteiger charge is 2.24. The van der Waals surface area contributed by atoms with Crippen molar-refractivity contribution >= 4 is 22.5 Å². The van der Waals surface area contributed by atoms with E-state index in [4.69, 9.17) is 9.97 Å². The van der Waals surface area contributed by atoms with Crippen molar-refractivity contribution in [3.05, 3.63) is 101 Å². The van der Waals surface area contributed by atoms with E-state index in [2.05, 4.69) is 17.9 Å². The second-order valence-electron chi connectivity index (χ2n) is 9.37. The summed E-state index contributed by atoms with van der Waals surface area (Å²) in [6.07, 6.45) is 2.21. The highest BCUT2D eigenvalue weighted by atomic mass is 19.1. The molecule has 184 valence electrons. The summed E-state index contributed by atoms with van der Waals surface area (Å²) in [5.41, 5.74) is 3.67. The van der Waals surface area contributed by atoms with Crippen LogP contribution in [0.3, 0.4) is 0 Å². The molecule has 36 heavy (non-hydrogen) atoms. The Balaban J connectivity index is 1.39. The summed E-state index contributed by atoms with van der Waals surface area (Å²) in [5.74, 6) is 1.47. The predicted octanol–water partition coefficient (Wildman–Crippen LogP) is 5.58. The normalized spacial score (nSPS) is 14.2. The van der Waals surface area contributed by atoms with Gasteiger partial charge in [-0.1, -0.05) is 49.4 Å². The van der Waals surface area contributed by atoms with Crippen LogP contribution in [0.5, 0.6) is 0 Å². The van der Waals surface area contributed by atoms with E-state index in [0.717, 1.165) is 64.2 Å². The fourth-order valence-electron chi connectivity index (χ4n) is 5.06. The van der Waals surface area contributed by atoms with Gasteiger partial charge in [-0.15, -0.1) is 0 Å². The molecule has 1 saturated heterocycles. The Morgan fingerprint density at radius 3 is 2.56 bits per heavy atom. The molecule has 2 heterocycles. The summed E-state index contributed by atoms with van der Waals surface area (Å²) in [7, 11) is 0. The molecule has 1 aromatic heterocycles. The van der Waals surface area contributed by atoms with E-state index in [-0.39, 0.29) is 11.7 Å². The average molecular weight is 483 g/mol. The van der Waals surface area contributed by atoms with Crippen LogP contribution in [0.4, 0.5) is 10.2 Å². The maximum absolute atomic E-state index is 13.9. The van der Waals surface area contributed by atoms with Crippen molar-refractivity contribution in [1.82, 2.24) is 14.9 Å². The van der Waals surface area contributed by atoms with Crippen molar-refractivity contribution in [3.63, 3.8) is 0 Å². The van der Waals surface area contributed by atoms with E-state index in [0.29, 0.717) is 26.1 Å². The van der Waals surface area contributed by atoms with Crippen molar-refractivity contribution in [2.24, 2.45) is 0 Å². The minimum absolute atomic E-state index is 0.0655. The Morgan fingerprint density at radius 1 is 0.917 bits per heavy atom. The van der Waals surface area contributed by atoms with Crippen molar-refractivity contribution in [1.29, 1.82) is 0 Å². The first-order valence-electron chi connectivity index (χ1n) is 12.7. The summed E-state index contributed by atoms with van der Waals surface area (Å²) < 4.78 is 13.9. The van der Waals surface area contributed by atoms with Crippen LogP contribution in [0.15, 0.2) is 66.7 Å². The number of carbonyl (C=O) groups excluding carboxylic acids is 1. The molecule has 0 unspecified atom stereocenters. The number of rotatable bonds is 5. The zero-order chi connectivity index (χ0) is 25.1. The van der Waals surface area contributed by atoms with Gasteiger partial charge in [-0.3, -0.25) is 4.79 Å². The summed E-state index contributed by atoms with van der Waals surface area (Å²) in [6, 6.07) is 20.8. The van der Waals surface area contributed by atoms with Crippen LogP contribution in [0.25, 0.3) is 10.8 Å². The third kappa shape index (κ3) is 5.08. The number of aryl methyl sites for hydroxylation is 2. The van der Waals surface area contributed by atoms with Crippen LogP contribution in [0.2, 0.25) is 0 Å². The van der Waals surface area contributed by atoms with Gasteiger partial charge in [-0.05, 0) is 60.4 Å². The summed E-state index contributed by atoms with van der Waals surface area (Å²) in [4.78, 5) is 27.1. The third-order valence-corrected chi connectivity index (χ3v) is 6.87. The van der Waals surface area contributed by atoms with Crippen LogP contribution < -0.4 is 4.90 Å². The Hall–Kier alpha value is -3.80. The molecule has 1 aliphatic heterocycles. The van der Waals surface area contributed by atoms with Gasteiger partial charge in [0.25, 0.3) is 5.91 Å². The van der Waals surface area contributed by atoms with Crippen molar-refractivity contribution < 1.29 is 9.18 Å². The predicted molar refractivity (Wildman–Crippen MR) is 142 cm³/mol. The van der Waals surface area contributed by atoms with Gasteiger partial charge in [0, 0.05) is 49.4 Å². The molecule has 0 spiro atoms. The molecular weight excluding hydrogens is 451 g/mol. The van der Waals surface area contributed by atoms with E-state index in [1.54, 1.807) is 12.1 Å². The molecule has 6 heteroatoms. The zero-order valence-electron chi connectivity index (χ0n) is 20.9. The van der Waals surface area contributed by atoms with Gasteiger partial charge >= 0.3 is 0 Å². The number of hydrogen-bond acceptors (Lipinski definition) is 4. The summed E-state index contributed by atoms with van der Waals surface area (Å²) in [5, 5.41) is 2.21. The molecule has 0 bridgehead atoms. The quantitative estimate of drug-likeness (QED) is 0.372. The highest BCUT2D eigenvalue weighted by Crippen LogP contribution is 2.27. The van der Waals surface area contributed by atoms with E-state index in [1.165, 1.54) is 6.07 Å². The number of carbonyl (C=O) groups is 1. The Bertz CT molecular complexity index is 1400. The minimum Gasteiger partial charge on any atom is -0.354 e. The second kappa shape index (κ2) is 10.4. The SMILES string of the molecule is CCc1nc(C)nc(N2CCCN(C(=O)c3ccc4ccccc4c3)CC2)c1Cc1cccc(F)c1. The fraction of sp³-hybridized carbons (Fsp3) is 0.300. The van der Waals surface area contributed by atoms with Gasteiger partial charge in [-0.25, -0.2) is 14.4 Å². The molecule has 5 nitrogen and oxygen atoms in total. The van der Waals surface area contributed by atoms with E-state index in [9.17, 15) is 9.18 Å². The maximum Gasteiger partial charge on any atom is 0.253 e. The number of hydrogen-bond donors (Lipinski definition) is 0. The highest BCUT2D eigenvalue weighted by molar-refractivity contribution is 5.98.